The summed E-state index contributed by atoms with van der Waals surface area (Å²) in [6, 6.07) is 15.7. The average Bonchev–Trinajstić information content (AvgIpc) is 2.73. The minimum absolute atomic E-state index is 0.0929. The van der Waals surface area contributed by atoms with E-state index >= 15 is 0 Å². The lowest BCUT2D eigenvalue weighted by molar-refractivity contribution is -0.137. The second-order valence-electron chi connectivity index (χ2n) is 6.32. The van der Waals surface area contributed by atoms with Crippen LogP contribution in [0.3, 0.4) is 0 Å². The Morgan fingerprint density at radius 3 is 2.28 bits per heavy atom. The van der Waals surface area contributed by atoms with Gasteiger partial charge < -0.3 is 10.2 Å². The van der Waals surface area contributed by atoms with Crippen molar-refractivity contribution in [3.05, 3.63) is 71.4 Å². The normalized spacial score (nSPS) is 11.0. The summed E-state index contributed by atoms with van der Waals surface area (Å²) in [4.78, 5) is 9.55. The van der Waals surface area contributed by atoms with Crippen LogP contribution in [0.2, 0.25) is 0 Å². The highest BCUT2D eigenvalue weighted by Crippen LogP contribution is 2.36. The first-order valence-corrected chi connectivity index (χ1v) is 8.86. The van der Waals surface area contributed by atoms with Gasteiger partial charge in [-0.3, -0.25) is 0 Å². The first-order valence-electron chi connectivity index (χ1n) is 8.86. The second kappa shape index (κ2) is 8.19. The highest BCUT2D eigenvalue weighted by atomic mass is 19.4. The van der Waals surface area contributed by atoms with Gasteiger partial charge in [-0.15, -0.1) is 0 Å². The summed E-state index contributed by atoms with van der Waals surface area (Å²) in [5.74, 6) is -0.234. The van der Waals surface area contributed by atoms with Crippen LogP contribution in [0.1, 0.15) is 23.6 Å². The smallest absolute Gasteiger partial charge is 0.340 e. The molecule has 2 aromatic carbocycles. The van der Waals surface area contributed by atoms with Crippen molar-refractivity contribution in [2.75, 3.05) is 17.3 Å². The molecule has 0 saturated heterocycles. The molecule has 5 nitrogen and oxygen atoms in total. The van der Waals surface area contributed by atoms with Gasteiger partial charge >= 0.3 is 6.18 Å². The van der Waals surface area contributed by atoms with Crippen molar-refractivity contribution in [1.29, 1.82) is 5.26 Å². The van der Waals surface area contributed by atoms with Gasteiger partial charge in [0, 0.05) is 24.6 Å². The lowest BCUT2D eigenvalue weighted by Crippen LogP contribution is -2.17. The SMILES string of the molecule is CCc1ccc(Nc2nc(N(C)c3ccc(C#N)cc3)ncc2C(F)(F)F)cc1. The van der Waals surface area contributed by atoms with E-state index in [4.69, 9.17) is 5.26 Å². The number of hydrogen-bond donors (Lipinski definition) is 1. The number of hydrogen-bond acceptors (Lipinski definition) is 5. The molecule has 0 radical (unpaired) electrons. The van der Waals surface area contributed by atoms with Gasteiger partial charge in [0.15, 0.2) is 0 Å². The van der Waals surface area contributed by atoms with Crippen LogP contribution < -0.4 is 10.2 Å². The lowest BCUT2D eigenvalue weighted by Gasteiger charge is -2.20. The molecule has 3 rings (SSSR count). The van der Waals surface area contributed by atoms with E-state index in [1.54, 1.807) is 48.3 Å². The molecule has 1 aromatic heterocycles. The molecule has 0 saturated carbocycles. The summed E-state index contributed by atoms with van der Waals surface area (Å²) < 4.78 is 40.3. The maximum atomic E-state index is 13.4. The first-order chi connectivity index (χ1) is 13.8. The van der Waals surface area contributed by atoms with Crippen LogP contribution in [0, 0.1) is 11.3 Å². The summed E-state index contributed by atoms with van der Waals surface area (Å²) in [7, 11) is 1.64. The topological polar surface area (TPSA) is 64.8 Å². The van der Waals surface area contributed by atoms with Gasteiger partial charge in [0.25, 0.3) is 0 Å². The summed E-state index contributed by atoms with van der Waals surface area (Å²) in [5, 5.41) is 11.7. The summed E-state index contributed by atoms with van der Waals surface area (Å²) in [5.41, 5.74) is 1.75. The minimum Gasteiger partial charge on any atom is -0.340 e. The predicted octanol–water partition coefficient (Wildman–Crippen LogP) is 5.44. The van der Waals surface area contributed by atoms with E-state index in [-0.39, 0.29) is 11.8 Å². The van der Waals surface area contributed by atoms with Crippen LogP contribution >= 0.6 is 0 Å². The molecule has 8 heteroatoms. The molecule has 0 atom stereocenters. The molecule has 0 spiro atoms. The van der Waals surface area contributed by atoms with E-state index in [0.717, 1.165) is 18.2 Å². The van der Waals surface area contributed by atoms with E-state index in [1.165, 1.54) is 0 Å². The summed E-state index contributed by atoms with van der Waals surface area (Å²) in [6.45, 7) is 2.00. The third kappa shape index (κ3) is 4.63. The Kier molecular flexibility index (Phi) is 5.69. The quantitative estimate of drug-likeness (QED) is 0.621. The number of rotatable bonds is 5. The molecule has 0 fully saturated rings. The molecule has 0 amide bonds. The molecule has 29 heavy (non-hydrogen) atoms. The van der Waals surface area contributed by atoms with Crippen LogP contribution in [-0.2, 0) is 12.6 Å². The molecule has 0 aliphatic heterocycles. The Hall–Kier alpha value is -3.60. The highest BCUT2D eigenvalue weighted by molar-refractivity contribution is 5.64. The molecular weight excluding hydrogens is 379 g/mol. The number of halogens is 3. The van der Waals surface area contributed by atoms with Crippen LogP contribution in [0.15, 0.2) is 54.7 Å². The Bertz CT molecular complexity index is 1020. The highest BCUT2D eigenvalue weighted by Gasteiger charge is 2.35. The van der Waals surface area contributed by atoms with E-state index in [0.29, 0.717) is 16.9 Å². The Morgan fingerprint density at radius 1 is 1.07 bits per heavy atom. The Labute approximate surface area is 166 Å². The van der Waals surface area contributed by atoms with Gasteiger partial charge in [-0.1, -0.05) is 19.1 Å². The zero-order valence-electron chi connectivity index (χ0n) is 15.8. The number of benzene rings is 2. The largest absolute Gasteiger partial charge is 0.421 e. The van der Waals surface area contributed by atoms with E-state index in [9.17, 15) is 13.2 Å². The maximum Gasteiger partial charge on any atom is 0.421 e. The van der Waals surface area contributed by atoms with Crippen LogP contribution in [-0.4, -0.2) is 17.0 Å². The molecule has 3 aromatic rings. The lowest BCUT2D eigenvalue weighted by atomic mass is 10.1. The first kappa shape index (κ1) is 20.1. The van der Waals surface area contributed by atoms with Gasteiger partial charge in [0.1, 0.15) is 11.4 Å². The van der Waals surface area contributed by atoms with Crippen LogP contribution in [0.25, 0.3) is 0 Å². The number of nitriles is 1. The molecule has 1 heterocycles. The monoisotopic (exact) mass is 397 g/mol. The van der Waals surface area contributed by atoms with Crippen molar-refractivity contribution < 1.29 is 13.2 Å². The van der Waals surface area contributed by atoms with Crippen molar-refractivity contribution >= 4 is 23.1 Å². The van der Waals surface area contributed by atoms with E-state index < -0.39 is 11.7 Å². The molecule has 0 unspecified atom stereocenters. The molecule has 0 bridgehead atoms. The molecule has 1 N–H and O–H groups in total. The summed E-state index contributed by atoms with van der Waals surface area (Å²) in [6.07, 6.45) is -3.00. The Balaban J connectivity index is 1.97. The maximum absolute atomic E-state index is 13.4. The van der Waals surface area contributed by atoms with Gasteiger partial charge in [-0.2, -0.15) is 23.4 Å². The van der Waals surface area contributed by atoms with Crippen LogP contribution in [0.5, 0.6) is 0 Å². The van der Waals surface area contributed by atoms with E-state index in [2.05, 4.69) is 15.3 Å². The third-order valence-corrected chi connectivity index (χ3v) is 4.39. The van der Waals surface area contributed by atoms with Crippen molar-refractivity contribution in [1.82, 2.24) is 9.97 Å². The number of alkyl halides is 3. The standard InChI is InChI=1S/C21H18F3N5/c1-3-14-4-8-16(9-5-14)27-19-18(21(22,23)24)13-26-20(28-19)29(2)17-10-6-15(12-25)7-11-17/h4-11,13H,3H2,1-2H3,(H,26,27,28). The fourth-order valence-electron chi connectivity index (χ4n) is 2.67. The van der Waals surface area contributed by atoms with Crippen molar-refractivity contribution in [2.24, 2.45) is 0 Å². The Morgan fingerprint density at radius 2 is 1.72 bits per heavy atom. The van der Waals surface area contributed by atoms with Gasteiger partial charge in [0.05, 0.1) is 11.6 Å². The second-order valence-corrected chi connectivity index (χ2v) is 6.32. The minimum atomic E-state index is -4.60. The van der Waals surface area contributed by atoms with Crippen molar-refractivity contribution in [3.63, 3.8) is 0 Å². The van der Waals surface area contributed by atoms with Gasteiger partial charge in [-0.05, 0) is 48.4 Å². The number of aromatic nitrogens is 2. The third-order valence-electron chi connectivity index (χ3n) is 4.39. The molecule has 0 aliphatic rings. The van der Waals surface area contributed by atoms with Gasteiger partial charge in [0.2, 0.25) is 5.95 Å². The number of anilines is 4. The fourth-order valence-corrected chi connectivity index (χ4v) is 2.67. The zero-order chi connectivity index (χ0) is 21.0. The van der Waals surface area contributed by atoms with Crippen molar-refractivity contribution in [3.8, 4) is 6.07 Å². The predicted molar refractivity (Wildman–Crippen MR) is 105 cm³/mol. The zero-order valence-corrected chi connectivity index (χ0v) is 15.8. The number of aryl methyl sites for hydroxylation is 1. The molecule has 0 aliphatic carbocycles. The van der Waals surface area contributed by atoms with Gasteiger partial charge in [-0.25, -0.2) is 4.98 Å². The van der Waals surface area contributed by atoms with Crippen LogP contribution in [0.4, 0.5) is 36.3 Å². The summed E-state index contributed by atoms with van der Waals surface area (Å²) >= 11 is 0. The average molecular weight is 397 g/mol. The molecule has 148 valence electrons. The molecular formula is C21H18F3N5. The van der Waals surface area contributed by atoms with E-state index in [1.807, 2.05) is 25.1 Å². The fraction of sp³-hybridized carbons (Fsp3) is 0.190. The number of nitrogens with zero attached hydrogens (tertiary/aromatic N) is 4. The number of nitrogens with one attached hydrogen (secondary N) is 1. The van der Waals surface area contributed by atoms with Crippen molar-refractivity contribution in [2.45, 2.75) is 19.5 Å².